The molecule has 112 valence electrons. The Kier molecular flexibility index (Phi) is 5.11. The van der Waals surface area contributed by atoms with E-state index in [9.17, 15) is 0 Å². The summed E-state index contributed by atoms with van der Waals surface area (Å²) in [5, 5.41) is 3.75. The molecule has 21 heavy (non-hydrogen) atoms. The van der Waals surface area contributed by atoms with Gasteiger partial charge in [-0.1, -0.05) is 17.7 Å². The number of hydrogen-bond acceptors (Lipinski definition) is 5. The molecule has 1 aromatic carbocycles. The fourth-order valence-electron chi connectivity index (χ4n) is 1.85. The predicted octanol–water partition coefficient (Wildman–Crippen LogP) is 3.37. The summed E-state index contributed by atoms with van der Waals surface area (Å²) < 4.78 is 15.6. The molecule has 1 N–H and O–H groups in total. The van der Waals surface area contributed by atoms with Crippen molar-refractivity contribution in [3.05, 3.63) is 41.0 Å². The molecule has 0 spiro atoms. The highest BCUT2D eigenvalue weighted by atomic mass is 35.5. The molecule has 1 aromatic heterocycles. The zero-order valence-corrected chi connectivity index (χ0v) is 12.9. The van der Waals surface area contributed by atoms with Gasteiger partial charge in [-0.2, -0.15) is 0 Å². The van der Waals surface area contributed by atoms with Crippen LogP contribution >= 0.6 is 11.6 Å². The minimum atomic E-state index is 0.499. The van der Waals surface area contributed by atoms with Gasteiger partial charge in [0.15, 0.2) is 0 Å². The number of benzene rings is 1. The number of methoxy groups -OCH3 is 3. The van der Waals surface area contributed by atoms with E-state index >= 15 is 0 Å². The molecule has 0 bridgehead atoms. The molecule has 5 nitrogen and oxygen atoms in total. The van der Waals surface area contributed by atoms with Gasteiger partial charge in [0.25, 0.3) is 0 Å². The summed E-state index contributed by atoms with van der Waals surface area (Å²) in [5.74, 6) is 1.80. The summed E-state index contributed by atoms with van der Waals surface area (Å²) in [5.41, 5.74) is 1.63. The van der Waals surface area contributed by atoms with Crippen LogP contribution in [-0.4, -0.2) is 26.3 Å². The van der Waals surface area contributed by atoms with Gasteiger partial charge in [-0.3, -0.25) is 0 Å². The number of nitrogens with one attached hydrogen (secondary N) is 1. The quantitative estimate of drug-likeness (QED) is 0.886. The third-order valence-electron chi connectivity index (χ3n) is 2.92. The minimum absolute atomic E-state index is 0.499. The topological polar surface area (TPSA) is 52.6 Å². The van der Waals surface area contributed by atoms with Crippen LogP contribution in [0.25, 0.3) is 0 Å². The second-order valence-electron chi connectivity index (χ2n) is 4.21. The van der Waals surface area contributed by atoms with Crippen molar-refractivity contribution in [3.63, 3.8) is 0 Å². The smallest absolute Gasteiger partial charge is 0.213 e. The Morgan fingerprint density at radius 3 is 2.48 bits per heavy atom. The summed E-state index contributed by atoms with van der Waals surface area (Å²) in [7, 11) is 4.75. The molecule has 0 unspecified atom stereocenters. The van der Waals surface area contributed by atoms with Crippen molar-refractivity contribution in [1.82, 2.24) is 4.98 Å². The molecule has 0 aliphatic rings. The first-order valence-electron chi connectivity index (χ1n) is 6.33. The van der Waals surface area contributed by atoms with E-state index in [1.165, 1.54) is 0 Å². The Hall–Kier alpha value is -2.14. The van der Waals surface area contributed by atoms with E-state index in [-0.39, 0.29) is 0 Å². The minimum Gasteiger partial charge on any atom is -0.495 e. The highest BCUT2D eigenvalue weighted by Crippen LogP contribution is 2.36. The number of halogens is 1. The van der Waals surface area contributed by atoms with Gasteiger partial charge in [0.2, 0.25) is 5.88 Å². The van der Waals surface area contributed by atoms with Gasteiger partial charge in [0.05, 0.1) is 44.3 Å². The molecular formula is C15H17ClN2O3. The first-order valence-corrected chi connectivity index (χ1v) is 6.71. The lowest BCUT2D eigenvalue weighted by atomic mass is 10.2. The third kappa shape index (κ3) is 3.70. The number of rotatable bonds is 6. The molecule has 0 aliphatic heterocycles. The van der Waals surface area contributed by atoms with E-state index in [2.05, 4.69) is 10.3 Å². The van der Waals surface area contributed by atoms with Crippen LogP contribution in [0.2, 0.25) is 5.02 Å². The van der Waals surface area contributed by atoms with Crippen LogP contribution < -0.4 is 19.5 Å². The molecule has 0 fully saturated rings. The molecule has 6 heteroatoms. The average molecular weight is 309 g/mol. The van der Waals surface area contributed by atoms with Crippen LogP contribution in [0.3, 0.4) is 0 Å². The lowest BCUT2D eigenvalue weighted by Crippen LogP contribution is -2.04. The van der Waals surface area contributed by atoms with Crippen molar-refractivity contribution >= 4 is 17.3 Å². The van der Waals surface area contributed by atoms with Crippen LogP contribution in [0, 0.1) is 0 Å². The number of nitrogens with zero attached hydrogens (tertiary/aromatic N) is 1. The summed E-state index contributed by atoms with van der Waals surface area (Å²) in [4.78, 5) is 4.34. The fraction of sp³-hybridized carbons (Fsp3) is 0.267. The standard InChI is InChI=1S/C15H17ClN2O3/c1-19-13-8-12(14(20-2)7-11(13)16)17-9-10-5-4-6-15(18-10)21-3/h4-8,17H,9H2,1-3H3. The van der Waals surface area contributed by atoms with Gasteiger partial charge >= 0.3 is 0 Å². The van der Waals surface area contributed by atoms with Crippen LogP contribution in [0.5, 0.6) is 17.4 Å². The molecule has 2 aromatic rings. The molecular weight excluding hydrogens is 292 g/mol. The van der Waals surface area contributed by atoms with E-state index in [0.29, 0.717) is 28.9 Å². The van der Waals surface area contributed by atoms with Gasteiger partial charge in [-0.15, -0.1) is 0 Å². The molecule has 0 aliphatic carbocycles. The Bertz CT molecular complexity index is 620. The van der Waals surface area contributed by atoms with Crippen molar-refractivity contribution in [3.8, 4) is 17.4 Å². The van der Waals surface area contributed by atoms with Crippen molar-refractivity contribution in [1.29, 1.82) is 0 Å². The molecule has 0 radical (unpaired) electrons. The summed E-state index contributed by atoms with van der Waals surface area (Å²) in [6.45, 7) is 0.526. The van der Waals surface area contributed by atoms with Crippen LogP contribution in [0.4, 0.5) is 5.69 Å². The van der Waals surface area contributed by atoms with Gasteiger partial charge < -0.3 is 19.5 Å². The van der Waals surface area contributed by atoms with Gasteiger partial charge in [-0.05, 0) is 6.07 Å². The number of pyridine rings is 1. The van der Waals surface area contributed by atoms with E-state index in [1.54, 1.807) is 39.5 Å². The summed E-state index contributed by atoms with van der Waals surface area (Å²) in [6.07, 6.45) is 0. The second kappa shape index (κ2) is 7.04. The predicted molar refractivity (Wildman–Crippen MR) is 82.7 cm³/mol. The summed E-state index contributed by atoms with van der Waals surface area (Å²) in [6, 6.07) is 9.11. The maximum atomic E-state index is 6.08. The number of aromatic nitrogens is 1. The average Bonchev–Trinajstić information content (AvgIpc) is 2.53. The SMILES string of the molecule is COc1cccc(CNc2cc(OC)c(Cl)cc2OC)n1. The van der Waals surface area contributed by atoms with Gasteiger partial charge in [-0.25, -0.2) is 4.98 Å². The zero-order chi connectivity index (χ0) is 15.2. The fourth-order valence-corrected chi connectivity index (χ4v) is 2.08. The summed E-state index contributed by atoms with van der Waals surface area (Å²) >= 11 is 6.08. The number of anilines is 1. The van der Waals surface area contributed by atoms with Crippen LogP contribution in [0.1, 0.15) is 5.69 Å². The first-order chi connectivity index (χ1) is 10.2. The van der Waals surface area contributed by atoms with Gasteiger partial charge in [0.1, 0.15) is 11.5 Å². The third-order valence-corrected chi connectivity index (χ3v) is 3.22. The highest BCUT2D eigenvalue weighted by Gasteiger charge is 2.10. The lowest BCUT2D eigenvalue weighted by Gasteiger charge is -2.14. The largest absolute Gasteiger partial charge is 0.495 e. The zero-order valence-electron chi connectivity index (χ0n) is 12.1. The normalized spacial score (nSPS) is 10.1. The maximum Gasteiger partial charge on any atom is 0.213 e. The maximum absolute atomic E-state index is 6.08. The van der Waals surface area contributed by atoms with Crippen molar-refractivity contribution in [2.75, 3.05) is 26.6 Å². The van der Waals surface area contributed by atoms with Crippen LogP contribution in [0.15, 0.2) is 30.3 Å². The lowest BCUT2D eigenvalue weighted by molar-refractivity contribution is 0.396. The molecule has 0 atom stereocenters. The monoisotopic (exact) mass is 308 g/mol. The van der Waals surface area contributed by atoms with E-state index in [0.717, 1.165) is 11.4 Å². The van der Waals surface area contributed by atoms with Crippen molar-refractivity contribution in [2.24, 2.45) is 0 Å². The Morgan fingerprint density at radius 1 is 1.05 bits per heavy atom. The van der Waals surface area contributed by atoms with Crippen molar-refractivity contribution < 1.29 is 14.2 Å². The number of ether oxygens (including phenoxy) is 3. The van der Waals surface area contributed by atoms with Crippen LogP contribution in [-0.2, 0) is 6.54 Å². The molecule has 0 saturated heterocycles. The van der Waals surface area contributed by atoms with E-state index in [4.69, 9.17) is 25.8 Å². The molecule has 2 rings (SSSR count). The number of hydrogen-bond donors (Lipinski definition) is 1. The molecule has 0 saturated carbocycles. The van der Waals surface area contributed by atoms with E-state index < -0.39 is 0 Å². The molecule has 1 heterocycles. The Balaban J connectivity index is 2.18. The molecule has 0 amide bonds. The van der Waals surface area contributed by atoms with Gasteiger partial charge in [0, 0.05) is 18.2 Å². The Labute approximate surface area is 128 Å². The second-order valence-corrected chi connectivity index (χ2v) is 4.62. The first kappa shape index (κ1) is 15.3. The highest BCUT2D eigenvalue weighted by molar-refractivity contribution is 6.32. The van der Waals surface area contributed by atoms with Crippen molar-refractivity contribution in [2.45, 2.75) is 6.54 Å². The Morgan fingerprint density at radius 2 is 1.81 bits per heavy atom. The van der Waals surface area contributed by atoms with E-state index in [1.807, 2.05) is 12.1 Å².